The van der Waals surface area contributed by atoms with Gasteiger partial charge in [0.2, 0.25) is 11.8 Å². The van der Waals surface area contributed by atoms with E-state index in [1.165, 1.54) is 25.3 Å². The zero-order chi connectivity index (χ0) is 15.4. The standard InChI is InChI=1S/C12H12FN5O3/c1-14-12-15-6-9(18(19)20)11(17-12)16-7-3-4-8(13)10(5-7)21-2/h3-6H,1-2H3,(H2,14,15,16,17). The van der Waals surface area contributed by atoms with Gasteiger partial charge in [-0.2, -0.15) is 4.98 Å². The van der Waals surface area contributed by atoms with Gasteiger partial charge in [-0.05, 0) is 12.1 Å². The lowest BCUT2D eigenvalue weighted by Gasteiger charge is -2.09. The predicted molar refractivity (Wildman–Crippen MR) is 74.5 cm³/mol. The van der Waals surface area contributed by atoms with Crippen LogP contribution in [-0.4, -0.2) is 29.0 Å². The van der Waals surface area contributed by atoms with E-state index in [1.54, 1.807) is 7.05 Å². The summed E-state index contributed by atoms with van der Waals surface area (Å²) >= 11 is 0. The van der Waals surface area contributed by atoms with Crippen molar-refractivity contribution in [3.8, 4) is 5.75 Å². The van der Waals surface area contributed by atoms with Crippen LogP contribution in [0.5, 0.6) is 5.75 Å². The average Bonchev–Trinajstić information content (AvgIpc) is 2.48. The maximum absolute atomic E-state index is 13.3. The van der Waals surface area contributed by atoms with Gasteiger partial charge in [0.25, 0.3) is 0 Å². The second kappa shape index (κ2) is 5.99. The lowest BCUT2D eigenvalue weighted by molar-refractivity contribution is -0.384. The van der Waals surface area contributed by atoms with E-state index in [4.69, 9.17) is 4.74 Å². The van der Waals surface area contributed by atoms with Gasteiger partial charge in [0.05, 0.1) is 12.0 Å². The summed E-state index contributed by atoms with van der Waals surface area (Å²) in [6.45, 7) is 0. The van der Waals surface area contributed by atoms with Crippen LogP contribution < -0.4 is 15.4 Å². The number of nitro groups is 1. The quantitative estimate of drug-likeness (QED) is 0.644. The number of methoxy groups -OCH3 is 1. The van der Waals surface area contributed by atoms with E-state index in [2.05, 4.69) is 20.6 Å². The van der Waals surface area contributed by atoms with Gasteiger partial charge in [-0.1, -0.05) is 0 Å². The normalized spacial score (nSPS) is 10.0. The Morgan fingerprint density at radius 2 is 2.19 bits per heavy atom. The molecule has 2 aromatic rings. The van der Waals surface area contributed by atoms with E-state index in [-0.39, 0.29) is 23.2 Å². The van der Waals surface area contributed by atoms with Crippen LogP contribution in [0.1, 0.15) is 0 Å². The Morgan fingerprint density at radius 1 is 1.43 bits per heavy atom. The molecule has 9 heteroatoms. The van der Waals surface area contributed by atoms with Crippen molar-refractivity contribution < 1.29 is 14.1 Å². The molecule has 0 bridgehead atoms. The molecule has 0 atom stereocenters. The summed E-state index contributed by atoms with van der Waals surface area (Å²) in [7, 11) is 2.92. The van der Waals surface area contributed by atoms with Crippen molar-refractivity contribution in [2.45, 2.75) is 0 Å². The number of nitrogens with zero attached hydrogens (tertiary/aromatic N) is 3. The minimum absolute atomic E-state index is 0.00647. The third-order valence-corrected chi connectivity index (χ3v) is 2.60. The highest BCUT2D eigenvalue weighted by molar-refractivity contribution is 5.66. The minimum atomic E-state index is -0.609. The Hall–Kier alpha value is -2.97. The second-order valence-corrected chi connectivity index (χ2v) is 3.91. The molecule has 0 saturated carbocycles. The molecule has 0 amide bonds. The molecule has 0 unspecified atom stereocenters. The zero-order valence-corrected chi connectivity index (χ0v) is 11.3. The molecule has 0 saturated heterocycles. The zero-order valence-electron chi connectivity index (χ0n) is 11.3. The first kappa shape index (κ1) is 14.4. The number of anilines is 3. The van der Waals surface area contributed by atoms with Gasteiger partial charge in [0.15, 0.2) is 11.6 Å². The Labute approximate surface area is 119 Å². The molecule has 0 spiro atoms. The second-order valence-electron chi connectivity index (χ2n) is 3.91. The molecule has 0 aliphatic carbocycles. The van der Waals surface area contributed by atoms with Crippen LogP contribution in [0, 0.1) is 15.9 Å². The van der Waals surface area contributed by atoms with Crippen molar-refractivity contribution >= 4 is 23.1 Å². The first-order chi connectivity index (χ1) is 10.0. The third kappa shape index (κ3) is 3.14. The fourth-order valence-corrected chi connectivity index (χ4v) is 1.60. The van der Waals surface area contributed by atoms with E-state index >= 15 is 0 Å². The summed E-state index contributed by atoms with van der Waals surface area (Å²) < 4.78 is 18.2. The summed E-state index contributed by atoms with van der Waals surface area (Å²) in [5, 5.41) is 16.4. The molecule has 8 nitrogen and oxygen atoms in total. The van der Waals surface area contributed by atoms with Gasteiger partial charge in [-0.3, -0.25) is 10.1 Å². The Balaban J connectivity index is 2.40. The van der Waals surface area contributed by atoms with Crippen molar-refractivity contribution in [3.63, 3.8) is 0 Å². The van der Waals surface area contributed by atoms with Crippen LogP contribution in [0.2, 0.25) is 0 Å². The molecule has 1 heterocycles. The largest absolute Gasteiger partial charge is 0.494 e. The third-order valence-electron chi connectivity index (χ3n) is 2.60. The number of nitrogens with one attached hydrogen (secondary N) is 2. The van der Waals surface area contributed by atoms with Gasteiger partial charge in [-0.25, -0.2) is 9.37 Å². The molecular weight excluding hydrogens is 281 g/mol. The summed E-state index contributed by atoms with van der Waals surface area (Å²) in [6.07, 6.45) is 1.09. The number of ether oxygens (including phenoxy) is 1. The summed E-state index contributed by atoms with van der Waals surface area (Å²) in [6, 6.07) is 3.98. The number of rotatable bonds is 5. The monoisotopic (exact) mass is 293 g/mol. The molecule has 0 aliphatic rings. The van der Waals surface area contributed by atoms with Crippen molar-refractivity contribution in [2.24, 2.45) is 0 Å². The number of hydrogen-bond donors (Lipinski definition) is 2. The molecule has 0 radical (unpaired) electrons. The molecule has 21 heavy (non-hydrogen) atoms. The highest BCUT2D eigenvalue weighted by Crippen LogP contribution is 2.28. The number of halogens is 1. The van der Waals surface area contributed by atoms with Crippen LogP contribution >= 0.6 is 0 Å². The fourth-order valence-electron chi connectivity index (χ4n) is 1.60. The van der Waals surface area contributed by atoms with E-state index in [1.807, 2.05) is 0 Å². The summed E-state index contributed by atoms with van der Waals surface area (Å²) in [5.41, 5.74) is 0.106. The highest BCUT2D eigenvalue weighted by atomic mass is 19.1. The molecule has 2 N–H and O–H groups in total. The van der Waals surface area contributed by atoms with Crippen molar-refractivity contribution in [1.82, 2.24) is 9.97 Å². The molecule has 110 valence electrons. The minimum Gasteiger partial charge on any atom is -0.494 e. The Kier molecular flexibility index (Phi) is 4.12. The van der Waals surface area contributed by atoms with E-state index in [9.17, 15) is 14.5 Å². The van der Waals surface area contributed by atoms with Crippen molar-refractivity contribution in [1.29, 1.82) is 0 Å². The SMILES string of the molecule is CNc1ncc([N+](=O)[O-])c(Nc2ccc(F)c(OC)c2)n1. The van der Waals surface area contributed by atoms with E-state index in [0.717, 1.165) is 6.20 Å². The van der Waals surface area contributed by atoms with Gasteiger partial charge < -0.3 is 15.4 Å². The average molecular weight is 293 g/mol. The predicted octanol–water partition coefficient (Wildman–Crippen LogP) is 2.32. The maximum atomic E-state index is 13.3. The molecule has 1 aromatic heterocycles. The number of benzene rings is 1. The lowest BCUT2D eigenvalue weighted by Crippen LogP contribution is -2.04. The first-order valence-corrected chi connectivity index (χ1v) is 5.85. The van der Waals surface area contributed by atoms with Gasteiger partial charge in [0, 0.05) is 18.8 Å². The van der Waals surface area contributed by atoms with Crippen LogP contribution in [0.15, 0.2) is 24.4 Å². The molecule has 0 aliphatic heterocycles. The molecule has 0 fully saturated rings. The van der Waals surface area contributed by atoms with Gasteiger partial charge in [0.1, 0.15) is 6.20 Å². The van der Waals surface area contributed by atoms with Crippen molar-refractivity contribution in [2.75, 3.05) is 24.8 Å². The molecule has 1 aromatic carbocycles. The van der Waals surface area contributed by atoms with Gasteiger partial charge >= 0.3 is 5.69 Å². The van der Waals surface area contributed by atoms with Gasteiger partial charge in [-0.15, -0.1) is 0 Å². The van der Waals surface area contributed by atoms with Crippen LogP contribution in [0.25, 0.3) is 0 Å². The van der Waals surface area contributed by atoms with Crippen LogP contribution in [-0.2, 0) is 0 Å². The van der Waals surface area contributed by atoms with E-state index < -0.39 is 10.7 Å². The Morgan fingerprint density at radius 3 is 2.81 bits per heavy atom. The summed E-state index contributed by atoms with van der Waals surface area (Å²) in [5.74, 6) is -0.299. The lowest BCUT2D eigenvalue weighted by atomic mass is 10.3. The van der Waals surface area contributed by atoms with Crippen LogP contribution in [0.3, 0.4) is 0 Å². The fraction of sp³-hybridized carbons (Fsp3) is 0.167. The highest BCUT2D eigenvalue weighted by Gasteiger charge is 2.17. The molecular formula is C12H12FN5O3. The maximum Gasteiger partial charge on any atom is 0.329 e. The van der Waals surface area contributed by atoms with Crippen molar-refractivity contribution in [3.05, 3.63) is 40.3 Å². The molecule has 2 rings (SSSR count). The smallest absolute Gasteiger partial charge is 0.329 e. The Bertz CT molecular complexity index is 680. The number of hydrogen-bond acceptors (Lipinski definition) is 7. The van der Waals surface area contributed by atoms with Crippen LogP contribution in [0.4, 0.5) is 27.5 Å². The number of aromatic nitrogens is 2. The first-order valence-electron chi connectivity index (χ1n) is 5.85. The van der Waals surface area contributed by atoms with E-state index in [0.29, 0.717) is 5.69 Å². The summed E-state index contributed by atoms with van der Waals surface area (Å²) in [4.78, 5) is 18.1. The topological polar surface area (TPSA) is 102 Å².